The number of carbonyl (C=O) groups is 2. The SMILES string of the molecule is C[C@H](NC(=O)CN1C(=O)Nc2ccc(C#N)cc2S1(=O)=O)c1ccc(C#N)cc1F. The van der Waals surface area contributed by atoms with Crippen LogP contribution in [-0.4, -0.2) is 31.2 Å². The predicted octanol–water partition coefficient (Wildman–Crippen LogP) is 1.98. The minimum atomic E-state index is -4.38. The van der Waals surface area contributed by atoms with E-state index in [1.807, 2.05) is 6.07 Å². The molecular formula is C19H14FN5O4S. The van der Waals surface area contributed by atoms with E-state index in [4.69, 9.17) is 10.5 Å². The number of sulfonamides is 1. The van der Waals surface area contributed by atoms with Crippen LogP contribution in [0.2, 0.25) is 0 Å². The van der Waals surface area contributed by atoms with Gasteiger partial charge >= 0.3 is 6.03 Å². The fourth-order valence-corrected chi connectivity index (χ4v) is 4.38. The van der Waals surface area contributed by atoms with Crippen molar-refractivity contribution >= 4 is 27.6 Å². The lowest BCUT2D eigenvalue weighted by Crippen LogP contribution is -2.49. The number of hydrogen-bond donors (Lipinski definition) is 2. The molecule has 1 aliphatic rings. The smallest absolute Gasteiger partial charge is 0.336 e. The van der Waals surface area contributed by atoms with Gasteiger partial charge in [0.25, 0.3) is 10.0 Å². The number of anilines is 1. The Labute approximate surface area is 171 Å². The third-order valence-corrected chi connectivity index (χ3v) is 6.18. The van der Waals surface area contributed by atoms with Gasteiger partial charge in [0.15, 0.2) is 0 Å². The second-order valence-electron chi connectivity index (χ2n) is 6.40. The van der Waals surface area contributed by atoms with Gasteiger partial charge in [0.2, 0.25) is 5.91 Å². The predicted molar refractivity (Wildman–Crippen MR) is 102 cm³/mol. The molecule has 0 saturated carbocycles. The minimum absolute atomic E-state index is 0.00341. The first-order valence-corrected chi connectivity index (χ1v) is 9.98. The van der Waals surface area contributed by atoms with Crippen molar-refractivity contribution in [2.45, 2.75) is 17.9 Å². The summed E-state index contributed by atoms with van der Waals surface area (Å²) in [4.78, 5) is 24.3. The van der Waals surface area contributed by atoms with Gasteiger partial charge in [-0.1, -0.05) is 6.07 Å². The van der Waals surface area contributed by atoms with Gasteiger partial charge in [-0.25, -0.2) is 21.9 Å². The molecule has 1 aliphatic heterocycles. The van der Waals surface area contributed by atoms with Crippen LogP contribution in [0.25, 0.3) is 0 Å². The van der Waals surface area contributed by atoms with Crippen molar-refractivity contribution in [2.24, 2.45) is 0 Å². The number of nitrogens with zero attached hydrogens (tertiary/aromatic N) is 3. The van der Waals surface area contributed by atoms with Gasteiger partial charge in [-0.3, -0.25) is 4.79 Å². The number of carbonyl (C=O) groups excluding carboxylic acids is 2. The summed E-state index contributed by atoms with van der Waals surface area (Å²) in [5.41, 5.74) is 0.282. The van der Waals surface area contributed by atoms with Crippen LogP contribution >= 0.6 is 0 Å². The number of nitrogens with one attached hydrogen (secondary N) is 2. The Morgan fingerprint density at radius 3 is 2.47 bits per heavy atom. The van der Waals surface area contributed by atoms with Crippen molar-refractivity contribution in [3.8, 4) is 12.1 Å². The summed E-state index contributed by atoms with van der Waals surface area (Å²) < 4.78 is 40.0. The van der Waals surface area contributed by atoms with E-state index in [-0.39, 0.29) is 27.3 Å². The monoisotopic (exact) mass is 427 g/mol. The van der Waals surface area contributed by atoms with Crippen molar-refractivity contribution in [1.29, 1.82) is 10.5 Å². The van der Waals surface area contributed by atoms with Crippen LogP contribution in [-0.2, 0) is 14.8 Å². The van der Waals surface area contributed by atoms with Gasteiger partial charge in [0.1, 0.15) is 17.3 Å². The molecule has 2 N–H and O–H groups in total. The molecule has 9 nitrogen and oxygen atoms in total. The normalized spacial score (nSPS) is 15.2. The quantitative estimate of drug-likeness (QED) is 0.764. The molecular weight excluding hydrogens is 413 g/mol. The number of nitriles is 2. The highest BCUT2D eigenvalue weighted by Crippen LogP contribution is 2.30. The molecule has 1 atom stereocenters. The molecule has 3 rings (SSSR count). The third-order valence-electron chi connectivity index (χ3n) is 4.41. The Hall–Kier alpha value is -3.96. The number of fused-ring (bicyclic) bond motifs is 1. The highest BCUT2D eigenvalue weighted by Gasteiger charge is 2.38. The van der Waals surface area contributed by atoms with E-state index in [1.54, 1.807) is 6.07 Å². The second kappa shape index (κ2) is 7.81. The summed E-state index contributed by atoms with van der Waals surface area (Å²) in [5.74, 6) is -1.55. The van der Waals surface area contributed by atoms with Crippen molar-refractivity contribution in [3.63, 3.8) is 0 Å². The first-order chi connectivity index (χ1) is 14.2. The fourth-order valence-electron chi connectivity index (χ4n) is 2.91. The summed E-state index contributed by atoms with van der Waals surface area (Å²) in [6.07, 6.45) is 0. The van der Waals surface area contributed by atoms with E-state index in [1.165, 1.54) is 31.2 Å². The molecule has 0 bridgehead atoms. The Balaban J connectivity index is 1.80. The highest BCUT2D eigenvalue weighted by atomic mass is 32.2. The molecule has 3 amide bonds. The molecule has 0 fully saturated rings. The molecule has 30 heavy (non-hydrogen) atoms. The number of halogens is 1. The minimum Gasteiger partial charge on any atom is -0.348 e. The number of amides is 3. The molecule has 0 aromatic heterocycles. The summed E-state index contributed by atoms with van der Waals surface area (Å²) >= 11 is 0. The highest BCUT2D eigenvalue weighted by molar-refractivity contribution is 7.90. The first kappa shape index (κ1) is 20.8. The lowest BCUT2D eigenvalue weighted by Gasteiger charge is -2.28. The van der Waals surface area contributed by atoms with Crippen LogP contribution < -0.4 is 10.6 Å². The molecule has 1 heterocycles. The molecule has 0 aliphatic carbocycles. The maximum absolute atomic E-state index is 14.1. The Morgan fingerprint density at radius 2 is 1.83 bits per heavy atom. The van der Waals surface area contributed by atoms with E-state index < -0.39 is 40.4 Å². The first-order valence-electron chi connectivity index (χ1n) is 8.54. The molecule has 2 aromatic rings. The summed E-state index contributed by atoms with van der Waals surface area (Å²) in [7, 11) is -4.38. The van der Waals surface area contributed by atoms with Crippen LogP contribution in [0.4, 0.5) is 14.9 Å². The van der Waals surface area contributed by atoms with Crippen LogP contribution in [0.1, 0.15) is 29.7 Å². The van der Waals surface area contributed by atoms with Gasteiger partial charge in [-0.2, -0.15) is 10.5 Å². The Morgan fingerprint density at radius 1 is 1.20 bits per heavy atom. The molecule has 0 unspecified atom stereocenters. The van der Waals surface area contributed by atoms with Crippen LogP contribution in [0.5, 0.6) is 0 Å². The number of benzene rings is 2. The van der Waals surface area contributed by atoms with E-state index in [0.717, 1.165) is 12.1 Å². The van der Waals surface area contributed by atoms with Crippen molar-refractivity contribution in [1.82, 2.24) is 9.62 Å². The molecule has 2 aromatic carbocycles. The van der Waals surface area contributed by atoms with Crippen molar-refractivity contribution in [2.75, 3.05) is 11.9 Å². The topological polar surface area (TPSA) is 143 Å². The third kappa shape index (κ3) is 3.79. The number of hydrogen-bond acceptors (Lipinski definition) is 6. The zero-order valence-electron chi connectivity index (χ0n) is 15.5. The van der Waals surface area contributed by atoms with Gasteiger partial charge in [0.05, 0.1) is 35.0 Å². The Kier molecular flexibility index (Phi) is 5.41. The summed E-state index contributed by atoms with van der Waals surface area (Å²) in [6.45, 7) is 0.633. The fraction of sp³-hybridized carbons (Fsp3) is 0.158. The molecule has 0 spiro atoms. The molecule has 0 radical (unpaired) electrons. The average Bonchev–Trinajstić information content (AvgIpc) is 2.70. The number of urea groups is 1. The second-order valence-corrected chi connectivity index (χ2v) is 8.23. The zero-order valence-corrected chi connectivity index (χ0v) is 16.3. The maximum atomic E-state index is 14.1. The molecule has 0 saturated heterocycles. The van der Waals surface area contributed by atoms with Gasteiger partial charge in [-0.05, 0) is 37.3 Å². The maximum Gasteiger partial charge on any atom is 0.336 e. The van der Waals surface area contributed by atoms with Gasteiger partial charge in [-0.15, -0.1) is 0 Å². The van der Waals surface area contributed by atoms with Crippen LogP contribution in [0, 0.1) is 28.5 Å². The molecule has 152 valence electrons. The van der Waals surface area contributed by atoms with Gasteiger partial charge < -0.3 is 10.6 Å². The van der Waals surface area contributed by atoms with E-state index in [9.17, 15) is 22.4 Å². The standard InChI is InChI=1S/C19H14FN5O4S/c1-11(14-4-2-12(8-21)6-15(14)20)23-18(26)10-25-19(27)24-16-5-3-13(9-22)7-17(16)30(25,28)29/h2-7,11H,10H2,1H3,(H,23,26)(H,24,27)/t11-/m0/s1. The lowest BCUT2D eigenvalue weighted by molar-refractivity contribution is -0.121. The zero-order chi connectivity index (χ0) is 22.1. The van der Waals surface area contributed by atoms with Gasteiger partial charge in [0, 0.05) is 5.56 Å². The van der Waals surface area contributed by atoms with E-state index in [2.05, 4.69) is 10.6 Å². The Bertz CT molecular complexity index is 1250. The summed E-state index contributed by atoms with van der Waals surface area (Å²) in [6, 6.07) is 9.20. The largest absolute Gasteiger partial charge is 0.348 e. The van der Waals surface area contributed by atoms with Crippen LogP contribution in [0.15, 0.2) is 41.3 Å². The van der Waals surface area contributed by atoms with E-state index in [0.29, 0.717) is 4.31 Å². The summed E-state index contributed by atoms with van der Waals surface area (Å²) in [5, 5.41) is 22.6. The van der Waals surface area contributed by atoms with Crippen molar-refractivity contribution < 1.29 is 22.4 Å². The lowest BCUT2D eigenvalue weighted by atomic mass is 10.1. The number of rotatable bonds is 4. The molecule has 11 heteroatoms. The van der Waals surface area contributed by atoms with E-state index >= 15 is 0 Å². The van der Waals surface area contributed by atoms with Crippen LogP contribution in [0.3, 0.4) is 0 Å². The average molecular weight is 427 g/mol. The van der Waals surface area contributed by atoms with Crippen molar-refractivity contribution in [3.05, 3.63) is 58.9 Å².